The third-order valence-corrected chi connectivity index (χ3v) is 1.96. The van der Waals surface area contributed by atoms with Crippen molar-refractivity contribution in [2.75, 3.05) is 0 Å². The van der Waals surface area contributed by atoms with Gasteiger partial charge in [0.05, 0.1) is 0 Å². The predicted molar refractivity (Wildman–Crippen MR) is 47.0 cm³/mol. The van der Waals surface area contributed by atoms with E-state index in [9.17, 15) is 4.79 Å². The molecule has 0 atom stereocenters. The Balaban J connectivity index is 0.000001000. The van der Waals surface area contributed by atoms with E-state index in [1.54, 1.807) is 6.20 Å². The summed E-state index contributed by atoms with van der Waals surface area (Å²) in [5.41, 5.74) is 0. The molecule has 0 saturated carbocycles. The number of thiazole rings is 1. The van der Waals surface area contributed by atoms with Crippen LogP contribution in [-0.4, -0.2) is 19.2 Å². The highest BCUT2D eigenvalue weighted by molar-refractivity contribution is 7.11. The first-order valence-electron chi connectivity index (χ1n) is 3.15. The second kappa shape index (κ2) is 4.29. The van der Waals surface area contributed by atoms with Crippen molar-refractivity contribution >= 4 is 25.5 Å². The molecule has 0 amide bonds. The van der Waals surface area contributed by atoms with Crippen LogP contribution in [0.5, 0.6) is 0 Å². The van der Waals surface area contributed by atoms with Crippen molar-refractivity contribution in [1.29, 1.82) is 0 Å². The van der Waals surface area contributed by atoms with Crippen LogP contribution in [0.1, 0.15) is 23.6 Å². The van der Waals surface area contributed by atoms with E-state index in [2.05, 4.69) is 4.98 Å². The molecule has 0 aliphatic rings. The molecule has 0 bridgehead atoms. The summed E-state index contributed by atoms with van der Waals surface area (Å²) in [6.07, 6.45) is 1.65. The smallest absolute Gasteiger partial charge is 0.193 e. The molecule has 1 aromatic heterocycles. The van der Waals surface area contributed by atoms with Crippen LogP contribution in [0.25, 0.3) is 0 Å². The summed E-state index contributed by atoms with van der Waals surface area (Å²) in [6.45, 7) is 3.76. The minimum Gasteiger partial charge on any atom is -0.291 e. The summed E-state index contributed by atoms with van der Waals surface area (Å²) in [5, 5.41) is 2.44. The molecular weight excluding hydrogens is 157 g/mol. The zero-order valence-electron chi connectivity index (χ0n) is 6.57. The predicted octanol–water partition coefficient (Wildman–Crippen LogP) is 1.60. The highest BCUT2D eigenvalue weighted by Crippen LogP contribution is 2.10. The van der Waals surface area contributed by atoms with Crippen molar-refractivity contribution in [3.8, 4) is 0 Å². The Labute approximate surface area is 72.2 Å². The Morgan fingerprint density at radius 1 is 1.64 bits per heavy atom. The minimum atomic E-state index is 0. The summed E-state index contributed by atoms with van der Waals surface area (Å²) >= 11 is 1.40. The van der Waals surface area contributed by atoms with Crippen molar-refractivity contribution in [2.45, 2.75) is 13.8 Å². The van der Waals surface area contributed by atoms with Crippen molar-refractivity contribution in [3.63, 3.8) is 0 Å². The number of hydrogen-bond donors (Lipinski definition) is 0. The molecule has 0 N–H and O–H groups in total. The molecule has 0 fully saturated rings. The van der Waals surface area contributed by atoms with Crippen molar-refractivity contribution < 1.29 is 4.79 Å². The number of hydrogen-bond acceptors (Lipinski definition) is 3. The topological polar surface area (TPSA) is 30.0 Å². The monoisotopic (exact) mass is 166 g/mol. The van der Waals surface area contributed by atoms with Crippen LogP contribution in [0.2, 0.25) is 0 Å². The van der Waals surface area contributed by atoms with Gasteiger partial charge in [0.15, 0.2) is 10.8 Å². The molecule has 11 heavy (non-hydrogen) atoms. The summed E-state index contributed by atoms with van der Waals surface area (Å²) in [4.78, 5) is 15.1. The maximum atomic E-state index is 11.2. The Kier molecular flexibility index (Phi) is 4.04. The van der Waals surface area contributed by atoms with Crippen LogP contribution in [0.15, 0.2) is 11.6 Å². The van der Waals surface area contributed by atoms with E-state index in [1.807, 2.05) is 19.2 Å². The van der Waals surface area contributed by atoms with Gasteiger partial charge in [0.1, 0.15) is 0 Å². The summed E-state index contributed by atoms with van der Waals surface area (Å²) in [6, 6.07) is 0. The Morgan fingerprint density at radius 2 is 2.27 bits per heavy atom. The van der Waals surface area contributed by atoms with Crippen LogP contribution in [-0.2, 0) is 0 Å². The molecule has 0 aliphatic heterocycles. The lowest BCUT2D eigenvalue weighted by Gasteiger charge is -1.96. The minimum absolute atomic E-state index is 0. The number of ketones is 1. The standard InChI is InChI=1S/C7H9NOS.B/c1-5(2)6(9)7-8-3-4-10-7;/h3-5H,1-2H3;. The molecule has 1 aromatic rings. The maximum Gasteiger partial charge on any atom is 0.193 e. The third-order valence-electron chi connectivity index (χ3n) is 1.17. The van der Waals surface area contributed by atoms with Crippen LogP contribution in [0, 0.1) is 5.92 Å². The van der Waals surface area contributed by atoms with E-state index in [4.69, 9.17) is 0 Å². The van der Waals surface area contributed by atoms with Crippen LogP contribution in [0.3, 0.4) is 0 Å². The molecule has 0 spiro atoms. The lowest BCUT2D eigenvalue weighted by molar-refractivity contribution is 0.0939. The van der Waals surface area contributed by atoms with Gasteiger partial charge in [-0.2, -0.15) is 0 Å². The van der Waals surface area contributed by atoms with Crippen LogP contribution < -0.4 is 0 Å². The van der Waals surface area contributed by atoms with Gasteiger partial charge in [-0.05, 0) is 0 Å². The highest BCUT2D eigenvalue weighted by atomic mass is 32.1. The Morgan fingerprint density at radius 3 is 2.64 bits per heavy atom. The van der Waals surface area contributed by atoms with Gasteiger partial charge in [0.25, 0.3) is 0 Å². The fourth-order valence-electron chi connectivity index (χ4n) is 0.592. The van der Waals surface area contributed by atoms with E-state index in [0.29, 0.717) is 5.01 Å². The first-order valence-corrected chi connectivity index (χ1v) is 4.03. The second-order valence-electron chi connectivity index (χ2n) is 2.36. The van der Waals surface area contributed by atoms with E-state index in [-0.39, 0.29) is 20.1 Å². The molecule has 0 unspecified atom stereocenters. The molecule has 1 rings (SSSR count). The third kappa shape index (κ3) is 2.46. The van der Waals surface area contributed by atoms with Gasteiger partial charge in [-0.15, -0.1) is 11.3 Å². The van der Waals surface area contributed by atoms with Gasteiger partial charge in [-0.3, -0.25) is 4.79 Å². The quantitative estimate of drug-likeness (QED) is 0.493. The molecule has 1 heterocycles. The zero-order valence-corrected chi connectivity index (χ0v) is 7.39. The van der Waals surface area contributed by atoms with E-state index in [1.165, 1.54) is 11.3 Å². The number of carbonyl (C=O) groups is 1. The molecule has 0 aliphatic carbocycles. The molecule has 2 nitrogen and oxygen atoms in total. The lowest BCUT2D eigenvalue weighted by atomic mass is 10.1. The first-order chi connectivity index (χ1) is 4.72. The fraction of sp³-hybridized carbons (Fsp3) is 0.429. The number of nitrogens with zero attached hydrogens (tertiary/aromatic N) is 1. The molecular formula is C7H9BNOS. The van der Waals surface area contributed by atoms with E-state index >= 15 is 0 Å². The molecule has 3 radical (unpaired) electrons. The van der Waals surface area contributed by atoms with Crippen molar-refractivity contribution in [3.05, 3.63) is 16.6 Å². The average Bonchev–Trinajstić information content (AvgIpc) is 2.36. The molecule has 57 valence electrons. The SMILES string of the molecule is CC(C)C(=O)c1nccs1.[B]. The van der Waals surface area contributed by atoms with Crippen LogP contribution in [0.4, 0.5) is 0 Å². The van der Waals surface area contributed by atoms with Gasteiger partial charge in [0.2, 0.25) is 0 Å². The number of aromatic nitrogens is 1. The maximum absolute atomic E-state index is 11.2. The van der Waals surface area contributed by atoms with Gasteiger partial charge in [-0.25, -0.2) is 4.98 Å². The number of rotatable bonds is 2. The van der Waals surface area contributed by atoms with Gasteiger partial charge >= 0.3 is 0 Å². The Hall–Kier alpha value is -0.635. The van der Waals surface area contributed by atoms with Crippen LogP contribution >= 0.6 is 11.3 Å². The molecule has 0 saturated heterocycles. The number of Topliss-reactive ketones (excluding diaryl/α,β-unsaturated/α-hetero) is 1. The largest absolute Gasteiger partial charge is 0.291 e. The molecule has 0 aromatic carbocycles. The average molecular weight is 166 g/mol. The van der Waals surface area contributed by atoms with Gasteiger partial charge in [-0.1, -0.05) is 13.8 Å². The fourth-order valence-corrected chi connectivity index (χ4v) is 1.32. The van der Waals surface area contributed by atoms with Crippen molar-refractivity contribution in [1.82, 2.24) is 4.98 Å². The second-order valence-corrected chi connectivity index (χ2v) is 3.25. The Bertz CT molecular complexity index is 220. The van der Waals surface area contributed by atoms with Gasteiger partial charge in [0, 0.05) is 25.9 Å². The summed E-state index contributed by atoms with van der Waals surface area (Å²) in [5.74, 6) is 0.196. The normalized spacial score (nSPS) is 9.36. The van der Waals surface area contributed by atoms with E-state index < -0.39 is 0 Å². The highest BCUT2D eigenvalue weighted by Gasteiger charge is 2.11. The zero-order chi connectivity index (χ0) is 7.56. The van der Waals surface area contributed by atoms with Crippen molar-refractivity contribution in [2.24, 2.45) is 5.92 Å². The lowest BCUT2D eigenvalue weighted by Crippen LogP contribution is -2.06. The van der Waals surface area contributed by atoms with Gasteiger partial charge < -0.3 is 0 Å². The molecule has 4 heteroatoms. The van der Waals surface area contributed by atoms with E-state index in [0.717, 1.165) is 0 Å². The first kappa shape index (κ1) is 10.4. The summed E-state index contributed by atoms with van der Waals surface area (Å²) < 4.78 is 0. The number of carbonyl (C=O) groups excluding carboxylic acids is 1. The summed E-state index contributed by atoms with van der Waals surface area (Å²) in [7, 11) is 0.